The first kappa shape index (κ1) is 32.8. The van der Waals surface area contributed by atoms with Crippen molar-refractivity contribution in [2.45, 2.75) is 112 Å². The molecule has 0 aromatic heterocycles. The molecule has 8 heteroatoms. The lowest BCUT2D eigenvalue weighted by Gasteiger charge is -2.72. The van der Waals surface area contributed by atoms with E-state index in [1.165, 1.54) is 36.2 Å². The standard InChI is InChI=1S/C30H48O3.C4H11N5/c1-18(2)19-10-15-30(25(32)33)17-16-28(6)20(24(19)30)8-9-22-27(5)13-12-23(31)26(3,4)21(27)11-14-29(22,28)7;1-9(2)4(7)8-3(5)6/h19-24,31H,1,8-17H2,2-7H3,(H,32,33);1-2H3,(H5,5,6,7,8)/t19-,20+,21-,22+,23-,24+,27-,28+,29+,30-;/m0./s1. The second-order valence-electron chi connectivity index (χ2n) is 16.3. The maximum atomic E-state index is 12.8. The van der Waals surface area contributed by atoms with E-state index in [2.05, 4.69) is 53.1 Å². The van der Waals surface area contributed by atoms with Gasteiger partial charge in [0.05, 0.1) is 11.5 Å². The molecule has 0 heterocycles. The summed E-state index contributed by atoms with van der Waals surface area (Å²) in [6, 6.07) is 0. The lowest BCUT2D eigenvalue weighted by molar-refractivity contribution is -0.248. The third-order valence-electron chi connectivity index (χ3n) is 14.1. The van der Waals surface area contributed by atoms with E-state index in [1.54, 1.807) is 14.1 Å². The molecule has 238 valence electrons. The largest absolute Gasteiger partial charge is 0.481 e. The molecule has 0 bridgehead atoms. The number of fused-ring (bicyclic) bond motifs is 7. The van der Waals surface area contributed by atoms with Gasteiger partial charge in [0, 0.05) is 14.1 Å². The molecule has 8 nitrogen and oxygen atoms in total. The fourth-order valence-corrected chi connectivity index (χ4v) is 11.7. The van der Waals surface area contributed by atoms with E-state index in [9.17, 15) is 15.0 Å². The summed E-state index contributed by atoms with van der Waals surface area (Å²) < 4.78 is 0. The van der Waals surface area contributed by atoms with E-state index < -0.39 is 11.4 Å². The van der Waals surface area contributed by atoms with Crippen LogP contribution in [0.1, 0.15) is 106 Å². The molecule has 5 saturated carbocycles. The Labute approximate surface area is 254 Å². The fourth-order valence-electron chi connectivity index (χ4n) is 11.7. The van der Waals surface area contributed by atoms with E-state index in [0.717, 1.165) is 38.5 Å². The summed E-state index contributed by atoms with van der Waals surface area (Å²) in [5, 5.41) is 28.4. The molecular formula is C34H59N5O3. The summed E-state index contributed by atoms with van der Waals surface area (Å²) in [4.78, 5) is 17.7. The molecule has 0 radical (unpaired) electrons. The van der Waals surface area contributed by atoms with Crippen LogP contribution < -0.4 is 11.5 Å². The van der Waals surface area contributed by atoms with Gasteiger partial charge in [-0.1, -0.05) is 46.8 Å². The Morgan fingerprint density at radius 1 is 0.905 bits per heavy atom. The topological polar surface area (TPSA) is 149 Å². The average Bonchev–Trinajstić information content (AvgIpc) is 3.28. The molecule has 5 rings (SSSR count). The van der Waals surface area contributed by atoms with Gasteiger partial charge in [-0.05, 0) is 122 Å². The average molecular weight is 586 g/mol. The van der Waals surface area contributed by atoms with Crippen LogP contribution in [-0.4, -0.2) is 53.2 Å². The molecule has 5 aliphatic rings. The van der Waals surface area contributed by atoms with Gasteiger partial charge in [0.2, 0.25) is 5.96 Å². The lowest BCUT2D eigenvalue weighted by atomic mass is 9.32. The minimum absolute atomic E-state index is 0.0202. The van der Waals surface area contributed by atoms with Gasteiger partial charge < -0.3 is 26.6 Å². The van der Waals surface area contributed by atoms with Gasteiger partial charge in [0.15, 0.2) is 5.96 Å². The number of hydrogen-bond donors (Lipinski definition) is 5. The SMILES string of the molecule is C=C(C)[C@@H]1CC[C@]2(C(=O)O)CC[C@]3(C)[C@H](CC[C@@H]4[C@@]5(C)CC[C@H](O)C(C)(C)[C@@H]5CC[C@]43C)[C@@H]12.CN(C)C(=N)N=C(N)N. The number of aliphatic hydroxyl groups excluding tert-OH is 1. The van der Waals surface area contributed by atoms with Crippen molar-refractivity contribution in [1.82, 2.24) is 4.90 Å². The van der Waals surface area contributed by atoms with Gasteiger partial charge in [0.1, 0.15) is 0 Å². The van der Waals surface area contributed by atoms with Gasteiger partial charge in [-0.3, -0.25) is 10.2 Å². The molecule has 5 aliphatic carbocycles. The number of aliphatic hydroxyl groups is 1. The molecular weight excluding hydrogens is 526 g/mol. The number of guanidine groups is 2. The van der Waals surface area contributed by atoms with E-state index >= 15 is 0 Å². The minimum Gasteiger partial charge on any atom is -0.481 e. The zero-order valence-corrected chi connectivity index (χ0v) is 27.6. The summed E-state index contributed by atoms with van der Waals surface area (Å²) in [6.45, 7) is 18.8. The molecule has 0 amide bonds. The Morgan fingerprint density at radius 2 is 1.55 bits per heavy atom. The predicted molar refractivity (Wildman–Crippen MR) is 170 cm³/mol. The highest BCUT2D eigenvalue weighted by Gasteiger charge is 2.72. The first-order chi connectivity index (χ1) is 19.3. The summed E-state index contributed by atoms with van der Waals surface area (Å²) in [5.74, 6) is 1.76. The Bertz CT molecular complexity index is 1130. The van der Waals surface area contributed by atoms with Crippen LogP contribution >= 0.6 is 0 Å². The van der Waals surface area contributed by atoms with Crippen LogP contribution in [0.4, 0.5) is 0 Å². The normalized spacial score (nSPS) is 45.0. The quantitative estimate of drug-likeness (QED) is 0.156. The van der Waals surface area contributed by atoms with Crippen LogP contribution in [0.2, 0.25) is 0 Å². The van der Waals surface area contributed by atoms with Crippen molar-refractivity contribution in [2.75, 3.05) is 14.1 Å². The van der Waals surface area contributed by atoms with Gasteiger partial charge in [-0.25, -0.2) is 0 Å². The highest BCUT2D eigenvalue weighted by atomic mass is 16.4. The molecule has 0 saturated heterocycles. The van der Waals surface area contributed by atoms with Gasteiger partial charge in [-0.2, -0.15) is 4.99 Å². The summed E-state index contributed by atoms with van der Waals surface area (Å²) >= 11 is 0. The first-order valence-corrected chi connectivity index (χ1v) is 16.2. The van der Waals surface area contributed by atoms with E-state index in [1.807, 2.05) is 0 Å². The Balaban J connectivity index is 0.000000392. The number of nitrogens with one attached hydrogen (secondary N) is 1. The zero-order valence-electron chi connectivity index (χ0n) is 27.6. The summed E-state index contributed by atoms with van der Waals surface area (Å²) in [6.07, 6.45) is 10.5. The maximum Gasteiger partial charge on any atom is 0.309 e. The third kappa shape index (κ3) is 4.69. The van der Waals surface area contributed by atoms with Crippen LogP contribution in [0.25, 0.3) is 0 Å². The molecule has 10 atom stereocenters. The number of hydrogen-bond acceptors (Lipinski definition) is 3. The molecule has 0 aromatic carbocycles. The van der Waals surface area contributed by atoms with Crippen molar-refractivity contribution in [3.63, 3.8) is 0 Å². The molecule has 0 aromatic rings. The smallest absolute Gasteiger partial charge is 0.309 e. The van der Waals surface area contributed by atoms with Crippen molar-refractivity contribution in [1.29, 1.82) is 5.41 Å². The summed E-state index contributed by atoms with van der Waals surface area (Å²) in [5.41, 5.74) is 11.3. The number of rotatable bonds is 2. The van der Waals surface area contributed by atoms with Crippen LogP contribution in [0.15, 0.2) is 17.1 Å². The molecule has 5 fully saturated rings. The lowest BCUT2D eigenvalue weighted by Crippen LogP contribution is -2.67. The fraction of sp³-hybridized carbons (Fsp3) is 0.853. The monoisotopic (exact) mass is 585 g/mol. The number of carbonyl (C=O) groups is 1. The second kappa shape index (κ2) is 10.8. The van der Waals surface area contributed by atoms with Crippen molar-refractivity contribution < 1.29 is 15.0 Å². The van der Waals surface area contributed by atoms with E-state index in [0.29, 0.717) is 23.7 Å². The number of carboxylic acids is 1. The number of carboxylic acid groups (broad SMARTS) is 1. The van der Waals surface area contributed by atoms with Crippen molar-refractivity contribution >= 4 is 17.9 Å². The van der Waals surface area contributed by atoms with Gasteiger partial charge in [-0.15, -0.1) is 0 Å². The number of nitrogens with zero attached hydrogens (tertiary/aromatic N) is 2. The van der Waals surface area contributed by atoms with Crippen LogP contribution in [0.5, 0.6) is 0 Å². The van der Waals surface area contributed by atoms with Crippen molar-refractivity contribution in [3.05, 3.63) is 12.2 Å². The minimum atomic E-state index is -0.538. The van der Waals surface area contributed by atoms with Crippen LogP contribution in [0.3, 0.4) is 0 Å². The number of aliphatic carboxylic acids is 1. The molecule has 0 spiro atoms. The highest BCUT2D eigenvalue weighted by Crippen LogP contribution is 2.77. The highest BCUT2D eigenvalue weighted by molar-refractivity contribution is 5.91. The Hall–Kier alpha value is -2.09. The van der Waals surface area contributed by atoms with Gasteiger partial charge >= 0.3 is 5.97 Å². The molecule has 0 unspecified atom stereocenters. The van der Waals surface area contributed by atoms with E-state index in [4.69, 9.17) is 16.9 Å². The number of aliphatic imine (C=N–C) groups is 1. The number of nitrogens with two attached hydrogens (primary N) is 2. The van der Waals surface area contributed by atoms with Crippen molar-refractivity contribution in [3.8, 4) is 0 Å². The Kier molecular flexibility index (Phi) is 8.45. The number of allylic oxidation sites excluding steroid dienone is 1. The zero-order chi connectivity index (χ0) is 31.6. The third-order valence-corrected chi connectivity index (χ3v) is 14.1. The van der Waals surface area contributed by atoms with E-state index in [-0.39, 0.29) is 45.6 Å². The maximum absolute atomic E-state index is 12.8. The first-order valence-electron chi connectivity index (χ1n) is 16.2. The summed E-state index contributed by atoms with van der Waals surface area (Å²) in [7, 11) is 3.38. The molecule has 0 aliphatic heterocycles. The Morgan fingerprint density at radius 3 is 2.07 bits per heavy atom. The van der Waals surface area contributed by atoms with Crippen LogP contribution in [0, 0.1) is 62.1 Å². The van der Waals surface area contributed by atoms with Crippen molar-refractivity contribution in [2.24, 2.45) is 73.1 Å². The molecule has 42 heavy (non-hydrogen) atoms. The van der Waals surface area contributed by atoms with Gasteiger partial charge in [0.25, 0.3) is 0 Å². The predicted octanol–water partition coefficient (Wildman–Crippen LogP) is 5.85. The second-order valence-corrected chi connectivity index (χ2v) is 16.3. The molecule has 7 N–H and O–H groups in total. The van der Waals surface area contributed by atoms with Crippen LogP contribution in [-0.2, 0) is 4.79 Å².